The summed E-state index contributed by atoms with van der Waals surface area (Å²) < 4.78 is 128. The van der Waals surface area contributed by atoms with Crippen LogP contribution >= 0.6 is 30.1 Å². The molecule has 0 spiro atoms. The molecule has 2 aliphatic rings. The molecule has 0 saturated carbocycles. The third kappa shape index (κ3) is 21.1. The fourth-order valence-corrected chi connectivity index (χ4v) is 21.3. The molecule has 24 heteroatoms. The monoisotopic (exact) mass is 1450 g/mol. The van der Waals surface area contributed by atoms with Gasteiger partial charge in [-0.2, -0.15) is 0 Å². The van der Waals surface area contributed by atoms with Crippen LogP contribution in [0, 0.1) is 11.8 Å². The van der Waals surface area contributed by atoms with Crippen molar-refractivity contribution in [1.29, 1.82) is 0 Å². The number of nitrogens with zero attached hydrogens (tertiary/aromatic N) is 2. The van der Waals surface area contributed by atoms with Gasteiger partial charge in [0, 0.05) is 50.3 Å². The van der Waals surface area contributed by atoms with E-state index in [0.717, 1.165) is 110 Å². The average Bonchev–Trinajstić information content (AvgIpc) is 0.677. The minimum absolute atomic E-state index is 0.0673. The molecular formula is C74H86F12N2O6P4. The van der Waals surface area contributed by atoms with E-state index < -0.39 is 42.0 Å². The van der Waals surface area contributed by atoms with E-state index in [2.05, 4.69) is 100 Å². The third-order valence-electron chi connectivity index (χ3n) is 16.6. The van der Waals surface area contributed by atoms with Crippen molar-refractivity contribution in [2.75, 3.05) is 39.5 Å². The summed E-state index contributed by atoms with van der Waals surface area (Å²) in [5.74, 6) is -1.41. The molecule has 10 rings (SSSR count). The molecule has 0 saturated heterocycles. The Labute approximate surface area is 567 Å². The van der Waals surface area contributed by atoms with E-state index in [1.165, 1.54) is 9.80 Å². The minimum atomic E-state index is -10.7. The second-order valence-corrected chi connectivity index (χ2v) is 34.1. The molecule has 0 fully saturated rings. The second kappa shape index (κ2) is 32.2. The first-order chi connectivity index (χ1) is 46.0. The number of carbonyl (C=O) groups excluding carboxylic acids is 4. The molecule has 8 nitrogen and oxygen atoms in total. The Hall–Kier alpha value is -6.90. The third-order valence-corrected chi connectivity index (χ3v) is 25.2. The van der Waals surface area contributed by atoms with Crippen LogP contribution in [0.5, 0.6) is 0 Å². The summed E-state index contributed by atoms with van der Waals surface area (Å²) in [6.07, 6.45) is 7.29. The number of hydrogen-bond donors (Lipinski definition) is 0. The van der Waals surface area contributed by atoms with Gasteiger partial charge in [0.25, 0.3) is 23.6 Å². The Kier molecular flexibility index (Phi) is 26.3. The van der Waals surface area contributed by atoms with E-state index in [1.807, 2.05) is 149 Å². The van der Waals surface area contributed by atoms with Crippen molar-refractivity contribution in [3.8, 4) is 0 Å². The molecule has 0 radical (unpaired) electrons. The average molecular weight is 1450 g/mol. The van der Waals surface area contributed by atoms with Gasteiger partial charge in [-0.1, -0.05) is 175 Å². The molecule has 8 aromatic carbocycles. The van der Waals surface area contributed by atoms with Gasteiger partial charge in [-0.15, -0.1) is 0 Å². The van der Waals surface area contributed by atoms with Crippen LogP contribution in [0.3, 0.4) is 0 Å². The SMILES string of the molecule is CCCC[C@@H](CC)CN1C(=O)c2cc([P+](c3ccccc3)(c3ccccc3)c3ccccc3)c3c4c(cc([P+](c5ccccc5)(c5ccccc5)c5ccccc5)c(c24)C1=O)C(=O)N(C[C@@H](CC)CCCC)C3=O.CCOCC.CCOCC.F[P-](F)(F)(F)(F)F.F[P-](F)(F)(F)(F)F. The standard InChI is InChI=1S/C66H66N2O4P2.2C4H10O.2F6P/c1-5-9-29-47(7-3)45-67-63(69)55-43-58(74(52-37-23-14-24-38-52,53-39-25-15-26-40-53)54-41-27-16-28-42-54)62-60-56(64(70)68(66(62)72)46-48(8-4)30-10-6-2)44-57(61(59(55)60)65(67)71)73(49-31-17-11-18-32-49,50-33-19-12-20-34-50)51-35-21-13-22-36-51;2*1-3-5-4-2;2*1-7(2,3,4,5)6/h11-28,31-44,47-48H,5-10,29-30,45-46H2,1-4H3;2*3-4H2,1-2H3;;/q+2;;;2*-1/t47-,48+;;;;. The summed E-state index contributed by atoms with van der Waals surface area (Å²) in [5.41, 5.74) is 1.50. The van der Waals surface area contributed by atoms with E-state index in [4.69, 9.17) is 9.47 Å². The number of hydrogen-bond acceptors (Lipinski definition) is 6. The van der Waals surface area contributed by atoms with Crippen molar-refractivity contribution in [3.05, 3.63) is 216 Å². The van der Waals surface area contributed by atoms with Gasteiger partial charge in [-0.05, 0) is 137 Å². The quantitative estimate of drug-likeness (QED) is 0.0340. The molecule has 4 amide bonds. The van der Waals surface area contributed by atoms with Gasteiger partial charge in [0.05, 0.1) is 22.3 Å². The maximum atomic E-state index is 16.4. The Balaban J connectivity index is 0.000000541. The van der Waals surface area contributed by atoms with Crippen LogP contribution in [0.15, 0.2) is 194 Å². The summed E-state index contributed by atoms with van der Waals surface area (Å²) in [7, 11) is -27.6. The Morgan fingerprint density at radius 3 is 0.735 bits per heavy atom. The van der Waals surface area contributed by atoms with Crippen LogP contribution in [0.2, 0.25) is 0 Å². The van der Waals surface area contributed by atoms with Crippen molar-refractivity contribution >= 4 is 107 Å². The molecule has 2 atom stereocenters. The van der Waals surface area contributed by atoms with Gasteiger partial charge in [-0.25, -0.2) is 0 Å². The topological polar surface area (TPSA) is 93.2 Å². The van der Waals surface area contributed by atoms with Crippen molar-refractivity contribution < 1.29 is 79.0 Å². The molecule has 532 valence electrons. The summed E-state index contributed by atoms with van der Waals surface area (Å²) in [6, 6.07) is 66.5. The molecule has 0 aromatic heterocycles. The maximum absolute atomic E-state index is 16.4. The number of halogens is 12. The van der Waals surface area contributed by atoms with Crippen LogP contribution in [0.25, 0.3) is 10.8 Å². The van der Waals surface area contributed by atoms with Crippen LogP contribution in [0.1, 0.15) is 148 Å². The molecule has 8 aromatic rings. The number of rotatable bonds is 24. The molecule has 0 bridgehead atoms. The van der Waals surface area contributed by atoms with Crippen LogP contribution < -0.4 is 42.4 Å². The molecule has 0 unspecified atom stereocenters. The molecule has 2 aliphatic heterocycles. The fourth-order valence-electron chi connectivity index (χ4n) is 12.4. The number of ether oxygens (including phenoxy) is 2. The number of benzene rings is 8. The normalized spacial score (nSPS) is 15.1. The summed E-state index contributed by atoms with van der Waals surface area (Å²) >= 11 is 0. The van der Waals surface area contributed by atoms with E-state index in [0.29, 0.717) is 43.6 Å². The van der Waals surface area contributed by atoms with Crippen molar-refractivity contribution in [2.24, 2.45) is 11.8 Å². The molecule has 0 aliphatic carbocycles. The number of amides is 4. The van der Waals surface area contributed by atoms with E-state index in [1.54, 1.807) is 0 Å². The van der Waals surface area contributed by atoms with Gasteiger partial charge >= 0.3 is 66.0 Å². The summed E-state index contributed by atoms with van der Waals surface area (Å²) in [5, 5.41) is 8.28. The van der Waals surface area contributed by atoms with Gasteiger partial charge in [0.1, 0.15) is 57.0 Å². The van der Waals surface area contributed by atoms with Gasteiger partial charge in [0.15, 0.2) is 0 Å². The van der Waals surface area contributed by atoms with Crippen molar-refractivity contribution in [3.63, 3.8) is 0 Å². The van der Waals surface area contributed by atoms with Gasteiger partial charge in [0.2, 0.25) is 0 Å². The zero-order valence-electron chi connectivity index (χ0n) is 56.2. The summed E-state index contributed by atoms with van der Waals surface area (Å²) in [6.45, 7) is 20.5. The van der Waals surface area contributed by atoms with Crippen LogP contribution in [0.4, 0.5) is 50.4 Å². The van der Waals surface area contributed by atoms with E-state index in [9.17, 15) is 50.4 Å². The second-order valence-electron chi connectivity index (χ2n) is 23.5. The van der Waals surface area contributed by atoms with Crippen LogP contribution in [-0.2, 0) is 9.47 Å². The predicted octanol–water partition coefficient (Wildman–Crippen LogP) is 20.6. The first-order valence-corrected chi connectivity index (χ1v) is 40.4. The molecule has 98 heavy (non-hydrogen) atoms. The zero-order chi connectivity index (χ0) is 72.5. The number of carbonyl (C=O) groups is 4. The zero-order valence-corrected chi connectivity index (χ0v) is 59.8. The Morgan fingerprint density at radius 2 is 0.561 bits per heavy atom. The fraction of sp³-hybridized carbons (Fsp3) is 0.324. The van der Waals surface area contributed by atoms with Crippen molar-refractivity contribution in [2.45, 2.75) is 107 Å². The first-order valence-electron chi connectivity index (χ1n) is 32.8. The first kappa shape index (κ1) is 80.1. The molecule has 2 heterocycles. The molecule has 0 N–H and O–H groups in total. The Bertz CT molecular complexity index is 3490. The predicted molar refractivity (Wildman–Crippen MR) is 382 cm³/mol. The molecular weight excluding hydrogens is 1360 g/mol. The van der Waals surface area contributed by atoms with Gasteiger partial charge < -0.3 is 9.47 Å². The van der Waals surface area contributed by atoms with E-state index in [-0.39, 0.29) is 36.7 Å². The summed E-state index contributed by atoms with van der Waals surface area (Å²) in [4.78, 5) is 68.3. The number of unbranched alkanes of at least 4 members (excludes halogenated alkanes) is 2. The van der Waals surface area contributed by atoms with Gasteiger partial charge in [-0.3, -0.25) is 29.0 Å². The Morgan fingerprint density at radius 1 is 0.347 bits per heavy atom. The van der Waals surface area contributed by atoms with E-state index >= 15 is 19.2 Å². The van der Waals surface area contributed by atoms with Crippen LogP contribution in [-0.4, -0.2) is 72.9 Å². The van der Waals surface area contributed by atoms with Crippen molar-refractivity contribution in [1.82, 2.24) is 9.80 Å². The number of imide groups is 2.